The van der Waals surface area contributed by atoms with E-state index < -0.39 is 0 Å². The van der Waals surface area contributed by atoms with Gasteiger partial charge in [-0.05, 0) is 23.8 Å². The smallest absolute Gasteiger partial charge is 0.0568 e. The molecule has 0 unspecified atom stereocenters. The molecular formula is C11H10ClNOS. The van der Waals surface area contributed by atoms with Crippen molar-refractivity contribution in [2.75, 3.05) is 0 Å². The fourth-order valence-corrected chi connectivity index (χ4v) is 2.19. The van der Waals surface area contributed by atoms with E-state index in [9.17, 15) is 0 Å². The Bertz CT molecular complexity index is 438. The quantitative estimate of drug-likeness (QED) is 0.653. The zero-order chi connectivity index (χ0) is 10.7. The van der Waals surface area contributed by atoms with Crippen LogP contribution < -0.4 is 0 Å². The van der Waals surface area contributed by atoms with E-state index in [1.54, 1.807) is 24.2 Å². The standard InChI is InChI=1S/C11H10ClNOS/c12-10-3-1-9(2-4-10)8-15-11-5-6-13(14)7-11/h1-7,14H,8H2. The summed E-state index contributed by atoms with van der Waals surface area (Å²) in [7, 11) is 0. The van der Waals surface area contributed by atoms with Crippen LogP contribution in [0.25, 0.3) is 0 Å². The third-order valence-electron chi connectivity index (χ3n) is 1.97. The van der Waals surface area contributed by atoms with E-state index in [2.05, 4.69) is 0 Å². The number of benzene rings is 1. The molecule has 0 saturated heterocycles. The maximum Gasteiger partial charge on any atom is 0.0568 e. The van der Waals surface area contributed by atoms with Gasteiger partial charge in [-0.2, -0.15) is 0 Å². The molecule has 0 radical (unpaired) electrons. The molecule has 15 heavy (non-hydrogen) atoms. The first-order valence-electron chi connectivity index (χ1n) is 4.48. The zero-order valence-electron chi connectivity index (χ0n) is 7.93. The fourth-order valence-electron chi connectivity index (χ4n) is 1.20. The highest BCUT2D eigenvalue weighted by Crippen LogP contribution is 2.23. The number of halogens is 1. The molecule has 1 aromatic heterocycles. The van der Waals surface area contributed by atoms with Crippen LogP contribution in [0.5, 0.6) is 0 Å². The molecule has 0 aliphatic carbocycles. The number of rotatable bonds is 3. The number of hydrogen-bond donors (Lipinski definition) is 1. The number of aromatic nitrogens is 1. The lowest BCUT2D eigenvalue weighted by Crippen LogP contribution is -1.81. The van der Waals surface area contributed by atoms with Gasteiger partial charge in [-0.3, -0.25) is 0 Å². The highest BCUT2D eigenvalue weighted by molar-refractivity contribution is 7.98. The zero-order valence-corrected chi connectivity index (χ0v) is 9.50. The maximum atomic E-state index is 9.07. The summed E-state index contributed by atoms with van der Waals surface area (Å²) in [6.45, 7) is 0. The molecule has 1 aromatic carbocycles. The van der Waals surface area contributed by atoms with E-state index >= 15 is 0 Å². The number of thioether (sulfide) groups is 1. The molecule has 4 heteroatoms. The summed E-state index contributed by atoms with van der Waals surface area (Å²) in [5.41, 5.74) is 1.22. The summed E-state index contributed by atoms with van der Waals surface area (Å²) in [4.78, 5) is 1.05. The van der Waals surface area contributed by atoms with Gasteiger partial charge in [0.2, 0.25) is 0 Å². The largest absolute Gasteiger partial charge is 0.429 e. The molecule has 0 aliphatic heterocycles. The van der Waals surface area contributed by atoms with Crippen molar-refractivity contribution >= 4 is 23.4 Å². The van der Waals surface area contributed by atoms with E-state index in [0.29, 0.717) is 0 Å². The first-order valence-corrected chi connectivity index (χ1v) is 5.85. The predicted octanol–water partition coefficient (Wildman–Crippen LogP) is 3.67. The molecule has 2 nitrogen and oxygen atoms in total. The Hall–Kier alpha value is -1.06. The Labute approximate surface area is 97.4 Å². The maximum absolute atomic E-state index is 9.07. The molecule has 0 amide bonds. The van der Waals surface area contributed by atoms with Crippen LogP contribution >= 0.6 is 23.4 Å². The van der Waals surface area contributed by atoms with E-state index in [-0.39, 0.29) is 0 Å². The third-order valence-corrected chi connectivity index (χ3v) is 3.27. The van der Waals surface area contributed by atoms with Crippen LogP contribution in [0.4, 0.5) is 0 Å². The Morgan fingerprint density at radius 1 is 1.20 bits per heavy atom. The first-order chi connectivity index (χ1) is 7.24. The van der Waals surface area contributed by atoms with Crippen LogP contribution in [0.15, 0.2) is 47.6 Å². The Morgan fingerprint density at radius 3 is 2.53 bits per heavy atom. The fraction of sp³-hybridized carbons (Fsp3) is 0.0909. The summed E-state index contributed by atoms with van der Waals surface area (Å²) in [5, 5.41) is 9.83. The van der Waals surface area contributed by atoms with Crippen molar-refractivity contribution in [3.05, 3.63) is 53.3 Å². The molecule has 0 spiro atoms. The van der Waals surface area contributed by atoms with Crippen molar-refractivity contribution in [3.8, 4) is 0 Å². The monoisotopic (exact) mass is 239 g/mol. The second-order valence-corrected chi connectivity index (χ2v) is 4.63. The van der Waals surface area contributed by atoms with Crippen molar-refractivity contribution in [2.24, 2.45) is 0 Å². The predicted molar refractivity (Wildman–Crippen MR) is 62.6 cm³/mol. The van der Waals surface area contributed by atoms with Gasteiger partial charge in [-0.1, -0.05) is 23.7 Å². The van der Waals surface area contributed by atoms with Crippen molar-refractivity contribution in [3.63, 3.8) is 0 Å². The summed E-state index contributed by atoms with van der Waals surface area (Å²) in [6.07, 6.45) is 3.30. The molecule has 78 valence electrons. The molecule has 0 bridgehead atoms. The van der Waals surface area contributed by atoms with Crippen molar-refractivity contribution in [1.29, 1.82) is 0 Å². The number of hydrogen-bond acceptors (Lipinski definition) is 2. The van der Waals surface area contributed by atoms with Crippen molar-refractivity contribution in [2.45, 2.75) is 10.6 Å². The summed E-state index contributed by atoms with van der Waals surface area (Å²) in [5.74, 6) is 0.876. The highest BCUT2D eigenvalue weighted by Gasteiger charge is 1.98. The summed E-state index contributed by atoms with van der Waals surface area (Å²) in [6, 6.07) is 9.65. The Balaban J connectivity index is 1.96. The van der Waals surface area contributed by atoms with Gasteiger partial charge >= 0.3 is 0 Å². The van der Waals surface area contributed by atoms with Crippen LogP contribution in [-0.4, -0.2) is 9.94 Å². The third kappa shape index (κ3) is 2.94. The minimum absolute atomic E-state index is 0.755. The highest BCUT2D eigenvalue weighted by atomic mass is 35.5. The summed E-state index contributed by atoms with van der Waals surface area (Å²) >= 11 is 7.47. The Kier molecular flexibility index (Phi) is 3.23. The van der Waals surface area contributed by atoms with Crippen LogP contribution in [0, 0.1) is 0 Å². The second-order valence-electron chi connectivity index (χ2n) is 3.14. The summed E-state index contributed by atoms with van der Waals surface area (Å²) < 4.78 is 1.06. The van der Waals surface area contributed by atoms with Gasteiger partial charge in [-0.15, -0.1) is 11.8 Å². The Morgan fingerprint density at radius 2 is 1.93 bits per heavy atom. The molecule has 2 rings (SSSR count). The molecule has 1 N–H and O–H groups in total. The van der Waals surface area contributed by atoms with Gasteiger partial charge < -0.3 is 5.21 Å². The number of nitrogens with zero attached hydrogens (tertiary/aromatic N) is 1. The average Bonchev–Trinajstić information content (AvgIpc) is 2.64. The lowest BCUT2D eigenvalue weighted by molar-refractivity contribution is 0.186. The minimum Gasteiger partial charge on any atom is -0.429 e. The molecular weight excluding hydrogens is 230 g/mol. The molecule has 0 fully saturated rings. The SMILES string of the molecule is On1ccc(SCc2ccc(Cl)cc2)c1. The van der Waals surface area contributed by atoms with E-state index in [1.807, 2.05) is 30.3 Å². The lowest BCUT2D eigenvalue weighted by atomic mass is 10.2. The van der Waals surface area contributed by atoms with Crippen molar-refractivity contribution < 1.29 is 5.21 Å². The normalized spacial score (nSPS) is 10.5. The molecule has 1 heterocycles. The molecule has 0 aliphatic rings. The average molecular weight is 240 g/mol. The van der Waals surface area contributed by atoms with Gasteiger partial charge in [-0.25, -0.2) is 4.73 Å². The lowest BCUT2D eigenvalue weighted by Gasteiger charge is -1.99. The van der Waals surface area contributed by atoms with Gasteiger partial charge in [0.15, 0.2) is 0 Å². The van der Waals surface area contributed by atoms with E-state index in [1.165, 1.54) is 5.56 Å². The van der Waals surface area contributed by atoms with Gasteiger partial charge in [0.1, 0.15) is 0 Å². The van der Waals surface area contributed by atoms with Gasteiger partial charge in [0.05, 0.1) is 6.20 Å². The topological polar surface area (TPSA) is 25.2 Å². The van der Waals surface area contributed by atoms with Gasteiger partial charge in [0.25, 0.3) is 0 Å². The van der Waals surface area contributed by atoms with Crippen LogP contribution in [0.2, 0.25) is 5.02 Å². The van der Waals surface area contributed by atoms with Gasteiger partial charge in [0, 0.05) is 21.9 Å². The van der Waals surface area contributed by atoms with Crippen LogP contribution in [0.3, 0.4) is 0 Å². The molecule has 0 saturated carbocycles. The van der Waals surface area contributed by atoms with E-state index in [0.717, 1.165) is 20.4 Å². The first kappa shape index (κ1) is 10.5. The second kappa shape index (κ2) is 4.64. The molecule has 2 aromatic rings. The van der Waals surface area contributed by atoms with Crippen LogP contribution in [0.1, 0.15) is 5.56 Å². The minimum atomic E-state index is 0.755. The molecule has 0 atom stereocenters. The van der Waals surface area contributed by atoms with Crippen molar-refractivity contribution in [1.82, 2.24) is 4.73 Å². The van der Waals surface area contributed by atoms with E-state index in [4.69, 9.17) is 16.8 Å². The van der Waals surface area contributed by atoms with Crippen LogP contribution in [-0.2, 0) is 5.75 Å².